The highest BCUT2D eigenvalue weighted by Gasteiger charge is 2.06. The Morgan fingerprint density at radius 3 is 1.31 bits per heavy atom. The smallest absolute Gasteiger partial charge is 0.234 e. The topological polar surface area (TPSA) is 32.3 Å². The molecule has 1 amide bonds. The van der Waals surface area contributed by atoms with Gasteiger partial charge in [0.25, 0.3) is 0 Å². The van der Waals surface area contributed by atoms with E-state index in [2.05, 4.69) is 31.2 Å². The molecule has 174 valence electrons. The van der Waals surface area contributed by atoms with Crippen molar-refractivity contribution in [1.29, 1.82) is 0 Å². The lowest BCUT2D eigenvalue weighted by Crippen LogP contribution is -2.42. The predicted molar refractivity (Wildman–Crippen MR) is 129 cm³/mol. The van der Waals surface area contributed by atoms with Crippen LogP contribution in [0.1, 0.15) is 149 Å². The lowest BCUT2D eigenvalue weighted by atomic mass is 10.0. The third-order valence-electron chi connectivity index (χ3n) is 5.95. The highest BCUT2D eigenvalue weighted by atomic mass is 16.2. The van der Waals surface area contributed by atoms with Crippen molar-refractivity contribution in [3.63, 3.8) is 0 Å². The first-order valence-corrected chi connectivity index (χ1v) is 13.3. The van der Waals surface area contributed by atoms with Crippen molar-refractivity contribution in [2.24, 2.45) is 0 Å². The first kappa shape index (κ1) is 28.4. The van der Waals surface area contributed by atoms with E-state index < -0.39 is 0 Å². The van der Waals surface area contributed by atoms with Gasteiger partial charge in [-0.15, -0.1) is 0 Å². The second-order valence-electron chi connectivity index (χ2n) is 8.88. The van der Waals surface area contributed by atoms with Crippen molar-refractivity contribution in [2.75, 3.05) is 13.1 Å². The van der Waals surface area contributed by atoms with Crippen LogP contribution in [-0.4, -0.2) is 24.0 Å². The summed E-state index contributed by atoms with van der Waals surface area (Å²) in [5.41, 5.74) is 3.05. The third kappa shape index (κ3) is 21.9. The van der Waals surface area contributed by atoms with E-state index in [1.165, 1.54) is 109 Å². The molecule has 0 aromatic heterocycles. The van der Waals surface area contributed by atoms with Gasteiger partial charge in [-0.1, -0.05) is 130 Å². The van der Waals surface area contributed by atoms with Crippen molar-refractivity contribution < 1.29 is 4.79 Å². The van der Waals surface area contributed by atoms with E-state index in [0.717, 1.165) is 25.9 Å². The fourth-order valence-electron chi connectivity index (χ4n) is 3.88. The van der Waals surface area contributed by atoms with Gasteiger partial charge >= 0.3 is 0 Å². The van der Waals surface area contributed by atoms with Gasteiger partial charge in [-0.05, 0) is 12.8 Å². The maximum atomic E-state index is 12.0. The third-order valence-corrected chi connectivity index (χ3v) is 5.95. The van der Waals surface area contributed by atoms with Crippen molar-refractivity contribution in [3.05, 3.63) is 0 Å². The van der Waals surface area contributed by atoms with Gasteiger partial charge in [-0.2, -0.15) is 0 Å². The molecule has 0 spiro atoms. The zero-order valence-electron chi connectivity index (χ0n) is 20.4. The summed E-state index contributed by atoms with van der Waals surface area (Å²) >= 11 is 0. The number of unbranched alkanes of at least 4 members (excludes halogenated alkanes) is 17. The van der Waals surface area contributed by atoms with Gasteiger partial charge in [-0.25, -0.2) is 5.01 Å². The molecule has 0 aromatic rings. The van der Waals surface area contributed by atoms with Crippen molar-refractivity contribution >= 4 is 5.91 Å². The number of amides is 1. The van der Waals surface area contributed by atoms with Gasteiger partial charge in [0.1, 0.15) is 0 Å². The molecule has 3 heteroatoms. The number of rotatable bonds is 23. The standard InChI is InChI=1S/C26H54N2O/c1-4-7-9-10-11-12-13-14-15-16-17-18-19-20-21-22-23-24-26(29)27-28(6-3)25-8-5-2/h4-25H2,1-3H3,(H,27,29). The number of carbonyl (C=O) groups is 1. The molecule has 0 atom stereocenters. The number of hydrogen-bond donors (Lipinski definition) is 1. The summed E-state index contributed by atoms with van der Waals surface area (Å²) in [7, 11) is 0. The van der Waals surface area contributed by atoms with Crippen molar-refractivity contribution in [2.45, 2.75) is 149 Å². The molecule has 29 heavy (non-hydrogen) atoms. The Labute approximate surface area is 183 Å². The van der Waals surface area contributed by atoms with E-state index in [0.29, 0.717) is 6.42 Å². The second kappa shape index (κ2) is 23.7. The van der Waals surface area contributed by atoms with Crippen molar-refractivity contribution in [3.8, 4) is 0 Å². The van der Waals surface area contributed by atoms with E-state index >= 15 is 0 Å². The zero-order valence-corrected chi connectivity index (χ0v) is 20.4. The van der Waals surface area contributed by atoms with Crippen molar-refractivity contribution in [1.82, 2.24) is 10.4 Å². The monoisotopic (exact) mass is 410 g/mol. The molecule has 0 saturated carbocycles. The molecule has 3 nitrogen and oxygen atoms in total. The Bertz CT molecular complexity index is 333. The fraction of sp³-hybridized carbons (Fsp3) is 0.962. The van der Waals surface area contributed by atoms with Crippen LogP contribution in [0.15, 0.2) is 0 Å². The summed E-state index contributed by atoms with van der Waals surface area (Å²) in [6.07, 6.45) is 26.4. The number of hydrogen-bond acceptors (Lipinski definition) is 2. The quantitative estimate of drug-likeness (QED) is 0.136. The van der Waals surface area contributed by atoms with Crippen LogP contribution in [0, 0.1) is 0 Å². The highest BCUT2D eigenvalue weighted by molar-refractivity contribution is 5.75. The minimum Gasteiger partial charge on any atom is -0.289 e. The van der Waals surface area contributed by atoms with E-state index in [1.54, 1.807) is 0 Å². The summed E-state index contributed by atoms with van der Waals surface area (Å²) in [5, 5.41) is 2.06. The summed E-state index contributed by atoms with van der Waals surface area (Å²) in [4.78, 5) is 12.0. The van der Waals surface area contributed by atoms with Crippen LogP contribution >= 0.6 is 0 Å². The normalized spacial score (nSPS) is 11.3. The molecule has 0 heterocycles. The predicted octanol–water partition coefficient (Wildman–Crippen LogP) is 8.18. The van der Waals surface area contributed by atoms with Crippen LogP contribution in [0.4, 0.5) is 0 Å². The van der Waals surface area contributed by atoms with Gasteiger partial charge < -0.3 is 0 Å². The van der Waals surface area contributed by atoms with Crippen LogP contribution in [0.3, 0.4) is 0 Å². The lowest BCUT2D eigenvalue weighted by molar-refractivity contribution is -0.126. The van der Waals surface area contributed by atoms with Gasteiger partial charge in [0.2, 0.25) is 5.91 Å². The van der Waals surface area contributed by atoms with Crippen LogP contribution in [-0.2, 0) is 4.79 Å². The molecule has 0 fully saturated rings. The second-order valence-corrected chi connectivity index (χ2v) is 8.88. The molecular formula is C26H54N2O. The van der Waals surface area contributed by atoms with Gasteiger partial charge in [0, 0.05) is 19.5 Å². The Morgan fingerprint density at radius 1 is 0.552 bits per heavy atom. The molecule has 1 N–H and O–H groups in total. The van der Waals surface area contributed by atoms with E-state index in [1.807, 2.05) is 0 Å². The van der Waals surface area contributed by atoms with Crippen LogP contribution in [0.25, 0.3) is 0 Å². The maximum absolute atomic E-state index is 12.0. The number of nitrogens with zero attached hydrogens (tertiary/aromatic N) is 1. The highest BCUT2D eigenvalue weighted by Crippen LogP contribution is 2.14. The first-order valence-electron chi connectivity index (χ1n) is 13.3. The minimum atomic E-state index is 0.198. The molecule has 0 bridgehead atoms. The van der Waals surface area contributed by atoms with E-state index in [-0.39, 0.29) is 5.91 Å². The fourth-order valence-corrected chi connectivity index (χ4v) is 3.88. The van der Waals surface area contributed by atoms with Crippen LogP contribution < -0.4 is 5.43 Å². The Balaban J connectivity index is 3.24. The molecule has 0 aliphatic carbocycles. The number of nitrogens with one attached hydrogen (secondary N) is 1. The van der Waals surface area contributed by atoms with Gasteiger partial charge in [-0.3, -0.25) is 10.2 Å². The zero-order chi connectivity index (χ0) is 21.4. The molecule has 0 saturated heterocycles. The molecule has 0 aromatic carbocycles. The van der Waals surface area contributed by atoms with Gasteiger partial charge in [0.15, 0.2) is 0 Å². The number of carbonyl (C=O) groups excluding carboxylic acids is 1. The Kier molecular flexibility index (Phi) is 23.2. The average Bonchev–Trinajstić information content (AvgIpc) is 2.73. The summed E-state index contributed by atoms with van der Waals surface area (Å²) in [5.74, 6) is 0.198. The molecule has 0 aliphatic heterocycles. The maximum Gasteiger partial charge on any atom is 0.234 e. The first-order chi connectivity index (χ1) is 14.2. The lowest BCUT2D eigenvalue weighted by Gasteiger charge is -2.21. The van der Waals surface area contributed by atoms with Crippen LogP contribution in [0.2, 0.25) is 0 Å². The van der Waals surface area contributed by atoms with Crippen LogP contribution in [0.5, 0.6) is 0 Å². The average molecular weight is 411 g/mol. The van der Waals surface area contributed by atoms with Gasteiger partial charge in [0.05, 0.1) is 0 Å². The van der Waals surface area contributed by atoms with E-state index in [4.69, 9.17) is 0 Å². The number of hydrazine groups is 1. The molecule has 0 aliphatic rings. The SMILES string of the molecule is CCCCCCCCCCCCCCCCCCCC(=O)NN(CC)CCCC. The summed E-state index contributed by atoms with van der Waals surface area (Å²) in [6.45, 7) is 8.44. The Morgan fingerprint density at radius 2 is 0.931 bits per heavy atom. The molecular weight excluding hydrogens is 356 g/mol. The molecule has 0 rings (SSSR count). The minimum absolute atomic E-state index is 0.198. The Hall–Kier alpha value is -0.570. The summed E-state index contributed by atoms with van der Waals surface area (Å²) < 4.78 is 0. The molecule has 0 radical (unpaired) electrons. The van der Waals surface area contributed by atoms with E-state index in [9.17, 15) is 4.79 Å². The summed E-state index contributed by atoms with van der Waals surface area (Å²) in [6, 6.07) is 0. The molecule has 0 unspecified atom stereocenters. The largest absolute Gasteiger partial charge is 0.289 e.